The number of ether oxygens (including phenoxy) is 1. The Morgan fingerprint density at radius 1 is 0.955 bits per heavy atom. The van der Waals surface area contributed by atoms with E-state index < -0.39 is 51.7 Å². The Balaban J connectivity index is 2.74. The lowest BCUT2D eigenvalue weighted by molar-refractivity contribution is 0.0593. The quantitative estimate of drug-likeness (QED) is 0.400. The monoisotopic (exact) mass is 319 g/mol. The Morgan fingerprint density at radius 2 is 1.45 bits per heavy atom. The molecule has 22 heavy (non-hydrogen) atoms. The number of carbonyl (C=O) groups excluding carboxylic acids is 1. The van der Waals surface area contributed by atoms with E-state index in [1.54, 1.807) is 0 Å². The number of nitrogens with one attached hydrogen (secondary N) is 1. The van der Waals surface area contributed by atoms with Gasteiger partial charge < -0.3 is 9.72 Å². The van der Waals surface area contributed by atoms with Crippen molar-refractivity contribution >= 4 is 5.97 Å². The summed E-state index contributed by atoms with van der Waals surface area (Å²) in [4.78, 5) is 24.9. The largest absolute Gasteiger partial charge is 0.464 e. The number of benzene rings is 1. The molecule has 0 saturated carbocycles. The van der Waals surface area contributed by atoms with E-state index in [0.29, 0.717) is 0 Å². The molecule has 4 nitrogen and oxygen atoms in total. The van der Waals surface area contributed by atoms with E-state index in [9.17, 15) is 31.5 Å². The fourth-order valence-corrected chi connectivity index (χ4v) is 1.74. The average molecular weight is 319 g/mol. The molecule has 116 valence electrons. The minimum Gasteiger partial charge on any atom is -0.464 e. The summed E-state index contributed by atoms with van der Waals surface area (Å²) in [7, 11) is 1.03. The average Bonchev–Trinajstić information content (AvgIpc) is 2.51. The Bertz CT molecular complexity index is 802. The van der Waals surface area contributed by atoms with Crippen molar-refractivity contribution in [2.75, 3.05) is 7.11 Å². The highest BCUT2D eigenvalue weighted by molar-refractivity contribution is 5.87. The second-order valence-electron chi connectivity index (χ2n) is 4.05. The van der Waals surface area contributed by atoms with Gasteiger partial charge in [0.05, 0.1) is 18.2 Å². The number of H-pyrrole nitrogens is 1. The molecule has 0 atom stereocenters. The number of methoxy groups -OCH3 is 1. The molecular formula is C13H6F5NO3. The number of esters is 1. The Hall–Kier alpha value is -2.71. The van der Waals surface area contributed by atoms with Crippen LogP contribution in [0.4, 0.5) is 22.0 Å². The van der Waals surface area contributed by atoms with E-state index in [2.05, 4.69) is 4.74 Å². The molecule has 0 saturated heterocycles. The molecule has 1 aromatic heterocycles. The number of aromatic nitrogens is 1. The molecule has 0 bridgehead atoms. The van der Waals surface area contributed by atoms with Crippen LogP contribution in [0, 0.1) is 29.1 Å². The van der Waals surface area contributed by atoms with Crippen molar-refractivity contribution < 1.29 is 31.5 Å². The van der Waals surface area contributed by atoms with E-state index in [0.717, 1.165) is 19.2 Å². The lowest BCUT2D eigenvalue weighted by atomic mass is 10.0. The summed E-state index contributed by atoms with van der Waals surface area (Å²) in [6, 6.07) is 1.67. The molecule has 0 aliphatic carbocycles. The van der Waals surface area contributed by atoms with Crippen molar-refractivity contribution in [3.05, 3.63) is 57.3 Å². The van der Waals surface area contributed by atoms with Crippen LogP contribution in [-0.4, -0.2) is 18.1 Å². The topological polar surface area (TPSA) is 59.2 Å². The zero-order valence-corrected chi connectivity index (χ0v) is 10.8. The van der Waals surface area contributed by atoms with Gasteiger partial charge in [-0.1, -0.05) is 0 Å². The van der Waals surface area contributed by atoms with Crippen molar-refractivity contribution in [1.82, 2.24) is 4.98 Å². The Labute approximate surface area is 119 Å². The third kappa shape index (κ3) is 2.34. The first-order valence-corrected chi connectivity index (χ1v) is 5.63. The number of hydrogen-bond acceptors (Lipinski definition) is 3. The van der Waals surface area contributed by atoms with Crippen LogP contribution in [0.15, 0.2) is 16.9 Å². The van der Waals surface area contributed by atoms with Crippen LogP contribution in [0.1, 0.15) is 10.5 Å². The van der Waals surface area contributed by atoms with Gasteiger partial charge in [0.25, 0.3) is 5.56 Å². The van der Waals surface area contributed by atoms with Crippen LogP contribution in [0.3, 0.4) is 0 Å². The second kappa shape index (κ2) is 5.58. The maximum absolute atomic E-state index is 13.6. The van der Waals surface area contributed by atoms with Gasteiger partial charge in [-0.15, -0.1) is 0 Å². The van der Waals surface area contributed by atoms with Gasteiger partial charge in [-0.2, -0.15) is 0 Å². The van der Waals surface area contributed by atoms with E-state index in [4.69, 9.17) is 0 Å². The summed E-state index contributed by atoms with van der Waals surface area (Å²) in [5, 5.41) is 0. The standard InChI is InChI=1S/C13H6F5NO3/c1-22-13(21)5-3-2-4(12(20)19-5)6-7(14)9(16)11(18)10(17)8(6)15/h2-3H,1H3,(H,19,20). The van der Waals surface area contributed by atoms with Crippen molar-refractivity contribution in [3.8, 4) is 11.1 Å². The van der Waals surface area contributed by atoms with Gasteiger partial charge in [0.2, 0.25) is 5.82 Å². The lowest BCUT2D eigenvalue weighted by Gasteiger charge is -2.08. The predicted molar refractivity (Wildman–Crippen MR) is 63.6 cm³/mol. The van der Waals surface area contributed by atoms with Crippen molar-refractivity contribution in [1.29, 1.82) is 0 Å². The highest BCUT2D eigenvalue weighted by Crippen LogP contribution is 2.29. The first kappa shape index (κ1) is 15.7. The molecule has 1 aromatic carbocycles. The number of rotatable bonds is 2. The Kier molecular flexibility index (Phi) is 3.98. The minimum absolute atomic E-state index is 0.347. The molecule has 1 N–H and O–H groups in total. The third-order valence-electron chi connectivity index (χ3n) is 2.79. The molecule has 0 radical (unpaired) electrons. The number of carbonyl (C=O) groups is 1. The van der Waals surface area contributed by atoms with E-state index in [-0.39, 0.29) is 5.69 Å². The van der Waals surface area contributed by atoms with Gasteiger partial charge in [-0.3, -0.25) is 4.79 Å². The smallest absolute Gasteiger partial charge is 0.354 e. The third-order valence-corrected chi connectivity index (χ3v) is 2.79. The molecule has 0 fully saturated rings. The maximum Gasteiger partial charge on any atom is 0.354 e. The molecule has 0 amide bonds. The fourth-order valence-electron chi connectivity index (χ4n) is 1.74. The highest BCUT2D eigenvalue weighted by Gasteiger charge is 2.28. The zero-order chi connectivity index (χ0) is 16.6. The Morgan fingerprint density at radius 3 is 1.91 bits per heavy atom. The molecule has 0 spiro atoms. The molecule has 0 aliphatic heterocycles. The molecule has 0 aliphatic rings. The second-order valence-corrected chi connectivity index (χ2v) is 4.05. The van der Waals surface area contributed by atoms with Gasteiger partial charge in [0.15, 0.2) is 23.3 Å². The summed E-state index contributed by atoms with van der Waals surface area (Å²) in [5.41, 5.74) is -3.76. The first-order valence-electron chi connectivity index (χ1n) is 5.63. The fraction of sp³-hybridized carbons (Fsp3) is 0.0769. The molecule has 2 aromatic rings. The summed E-state index contributed by atoms with van der Waals surface area (Å²) in [5.74, 6) is -11.9. The molecule has 0 unspecified atom stereocenters. The zero-order valence-electron chi connectivity index (χ0n) is 10.8. The normalized spacial score (nSPS) is 10.6. The molecule has 9 heteroatoms. The minimum atomic E-state index is -2.33. The number of pyridine rings is 1. The van der Waals surface area contributed by atoms with Gasteiger partial charge in [-0.25, -0.2) is 26.7 Å². The summed E-state index contributed by atoms with van der Waals surface area (Å²) in [6.45, 7) is 0. The van der Waals surface area contributed by atoms with E-state index >= 15 is 0 Å². The molecule has 2 rings (SSSR count). The van der Waals surface area contributed by atoms with Crippen molar-refractivity contribution in [2.45, 2.75) is 0 Å². The molecule has 1 heterocycles. The maximum atomic E-state index is 13.6. The highest BCUT2D eigenvalue weighted by atomic mass is 19.2. The lowest BCUT2D eigenvalue weighted by Crippen LogP contribution is -2.17. The van der Waals surface area contributed by atoms with Gasteiger partial charge in [0, 0.05) is 0 Å². The summed E-state index contributed by atoms with van der Waals surface area (Å²) >= 11 is 0. The number of aromatic amines is 1. The van der Waals surface area contributed by atoms with Crippen LogP contribution < -0.4 is 5.56 Å². The van der Waals surface area contributed by atoms with Gasteiger partial charge in [-0.05, 0) is 12.1 Å². The van der Waals surface area contributed by atoms with E-state index in [1.807, 2.05) is 4.98 Å². The summed E-state index contributed by atoms with van der Waals surface area (Å²) in [6.07, 6.45) is 0. The summed E-state index contributed by atoms with van der Waals surface area (Å²) < 4.78 is 70.8. The van der Waals surface area contributed by atoms with Crippen LogP contribution in [-0.2, 0) is 4.74 Å². The van der Waals surface area contributed by atoms with Crippen LogP contribution in [0.25, 0.3) is 11.1 Å². The number of hydrogen-bond donors (Lipinski definition) is 1. The van der Waals surface area contributed by atoms with Crippen LogP contribution >= 0.6 is 0 Å². The van der Waals surface area contributed by atoms with Crippen LogP contribution in [0.5, 0.6) is 0 Å². The van der Waals surface area contributed by atoms with Gasteiger partial charge >= 0.3 is 5.97 Å². The molecular weight excluding hydrogens is 313 g/mol. The predicted octanol–water partition coefficient (Wildman–Crippen LogP) is 2.52. The van der Waals surface area contributed by atoms with Crippen molar-refractivity contribution in [3.63, 3.8) is 0 Å². The van der Waals surface area contributed by atoms with Gasteiger partial charge in [0.1, 0.15) is 5.69 Å². The van der Waals surface area contributed by atoms with E-state index in [1.165, 1.54) is 0 Å². The first-order chi connectivity index (χ1) is 10.3. The SMILES string of the molecule is COC(=O)c1ccc(-c2c(F)c(F)c(F)c(F)c2F)c(=O)[nH]1. The van der Waals surface area contributed by atoms with Crippen molar-refractivity contribution in [2.24, 2.45) is 0 Å². The van der Waals surface area contributed by atoms with Crippen LogP contribution in [0.2, 0.25) is 0 Å². The number of halogens is 5.